The Balaban J connectivity index is 0.881. The topological polar surface area (TPSA) is 0 Å². The van der Waals surface area contributed by atoms with Crippen LogP contribution in [0.5, 0.6) is 0 Å². The lowest BCUT2D eigenvalue weighted by molar-refractivity contribution is 0.394. The Morgan fingerprint density at radius 3 is 0.755 bits per heavy atom. The number of fused-ring (bicyclic) bond motifs is 22. The van der Waals surface area contributed by atoms with Gasteiger partial charge in [0, 0.05) is 32.5 Å². The summed E-state index contributed by atoms with van der Waals surface area (Å²) in [6.07, 6.45) is 38.9. The number of rotatable bonds is 32. The average molecular weight is 1450 g/mol. The molecule has 0 radical (unpaired) electrons. The molecule has 0 N–H and O–H groups in total. The first-order valence-corrected chi connectivity index (χ1v) is 44.7. The molecule has 566 valence electrons. The molecule has 17 rings (SSSR count). The summed E-state index contributed by atoms with van der Waals surface area (Å²) in [6.45, 7) is 29.7. The fourth-order valence-corrected chi connectivity index (χ4v) is 23.5. The maximum absolute atomic E-state index is 2.96. The summed E-state index contributed by atoms with van der Waals surface area (Å²) >= 11 is 0. The lowest BCUT2D eigenvalue weighted by Gasteiger charge is -2.35. The summed E-state index contributed by atoms with van der Waals surface area (Å²) in [5.74, 6) is 0. The molecule has 0 atom stereocenters. The lowest BCUT2D eigenvalue weighted by atomic mass is 9.68. The van der Waals surface area contributed by atoms with E-state index in [1.54, 1.807) is 44.5 Å². The van der Waals surface area contributed by atoms with Crippen LogP contribution in [-0.4, -0.2) is 0 Å². The van der Waals surface area contributed by atoms with Crippen molar-refractivity contribution in [3.63, 3.8) is 0 Å². The molecule has 110 heavy (non-hydrogen) atoms. The van der Waals surface area contributed by atoms with Gasteiger partial charge in [-0.2, -0.15) is 0 Å². The molecule has 0 aromatic heterocycles. The molecule has 0 aliphatic heterocycles. The van der Waals surface area contributed by atoms with Gasteiger partial charge in [0.05, 0.1) is 0 Å². The van der Waals surface area contributed by atoms with E-state index in [-0.39, 0.29) is 32.5 Å². The van der Waals surface area contributed by atoms with E-state index in [9.17, 15) is 0 Å². The van der Waals surface area contributed by atoms with E-state index < -0.39 is 0 Å². The Morgan fingerprint density at radius 2 is 0.418 bits per heavy atom. The lowest BCUT2D eigenvalue weighted by Crippen LogP contribution is -2.27. The molecule has 6 aliphatic rings. The second kappa shape index (κ2) is 29.8. The van der Waals surface area contributed by atoms with Crippen LogP contribution < -0.4 is 0 Å². The number of hydrogen-bond donors (Lipinski definition) is 0. The van der Waals surface area contributed by atoms with Gasteiger partial charge in [0.15, 0.2) is 0 Å². The second-order valence-electron chi connectivity index (χ2n) is 37.6. The first kappa shape index (κ1) is 74.7. The van der Waals surface area contributed by atoms with Crippen molar-refractivity contribution in [1.29, 1.82) is 0 Å². The summed E-state index contributed by atoms with van der Waals surface area (Å²) < 4.78 is 0. The van der Waals surface area contributed by atoms with Crippen LogP contribution in [0.1, 0.15) is 342 Å². The quantitative estimate of drug-likeness (QED) is 0.0369. The van der Waals surface area contributed by atoms with E-state index in [0.29, 0.717) is 0 Å². The number of unbranched alkanes of at least 4 members (excludes halogenated alkanes) is 22. The van der Waals surface area contributed by atoms with Crippen molar-refractivity contribution in [2.24, 2.45) is 0 Å². The third kappa shape index (κ3) is 12.0. The van der Waals surface area contributed by atoms with Gasteiger partial charge in [-0.1, -0.05) is 383 Å². The van der Waals surface area contributed by atoms with E-state index in [2.05, 4.69) is 265 Å². The summed E-state index contributed by atoms with van der Waals surface area (Å²) in [5.41, 5.74) is 40.7. The monoisotopic (exact) mass is 1450 g/mol. The average Bonchev–Trinajstić information content (AvgIpc) is 1.51. The molecule has 11 aromatic carbocycles. The van der Waals surface area contributed by atoms with E-state index >= 15 is 0 Å². The van der Waals surface area contributed by atoms with E-state index in [1.807, 2.05) is 0 Å². The van der Waals surface area contributed by atoms with Crippen LogP contribution in [0.3, 0.4) is 0 Å². The highest BCUT2D eigenvalue weighted by atomic mass is 14.5. The zero-order chi connectivity index (χ0) is 75.9. The zero-order valence-electron chi connectivity index (χ0n) is 69.5. The van der Waals surface area contributed by atoms with Crippen LogP contribution in [0.4, 0.5) is 0 Å². The summed E-state index contributed by atoms with van der Waals surface area (Å²) in [7, 11) is 0. The molecule has 0 bridgehead atoms. The smallest absolute Gasteiger partial charge is 0.0215 e. The van der Waals surface area contributed by atoms with Crippen LogP contribution in [0.25, 0.3) is 111 Å². The van der Waals surface area contributed by atoms with Gasteiger partial charge < -0.3 is 0 Å². The van der Waals surface area contributed by atoms with Crippen molar-refractivity contribution in [2.45, 2.75) is 308 Å². The highest BCUT2D eigenvalue weighted by molar-refractivity contribution is 6.14. The Labute approximate surface area is 663 Å². The maximum Gasteiger partial charge on any atom is 0.0215 e. The predicted octanol–water partition coefficient (Wildman–Crippen LogP) is 32.9. The Bertz CT molecular complexity index is 5300. The van der Waals surface area contributed by atoms with Gasteiger partial charge in [0.2, 0.25) is 0 Å². The summed E-state index contributed by atoms with van der Waals surface area (Å²) in [6, 6.07) is 75.0. The van der Waals surface area contributed by atoms with Crippen LogP contribution in [0.15, 0.2) is 182 Å². The first-order valence-electron chi connectivity index (χ1n) is 44.7. The molecule has 0 spiro atoms. The normalized spacial score (nSPS) is 16.3. The fourth-order valence-electron chi connectivity index (χ4n) is 23.5. The van der Waals surface area contributed by atoms with Crippen molar-refractivity contribution in [3.05, 3.63) is 249 Å². The van der Waals surface area contributed by atoms with E-state index in [0.717, 1.165) is 0 Å². The maximum atomic E-state index is 2.96. The van der Waals surface area contributed by atoms with Crippen molar-refractivity contribution in [3.8, 4) is 89.0 Å². The van der Waals surface area contributed by atoms with Gasteiger partial charge in [-0.05, 0) is 252 Å². The Hall–Kier alpha value is -8.06. The fraction of sp³-hybridized carbons (Fsp3) is 0.436. The zero-order valence-corrected chi connectivity index (χ0v) is 69.5. The first-order chi connectivity index (χ1) is 53.5. The van der Waals surface area contributed by atoms with E-state index in [4.69, 9.17) is 0 Å². The largest absolute Gasteiger partial charge is 0.0654 e. The number of benzene rings is 11. The molecule has 0 heteroatoms. The van der Waals surface area contributed by atoms with Crippen molar-refractivity contribution < 1.29 is 0 Å². The Kier molecular flexibility index (Phi) is 20.2. The van der Waals surface area contributed by atoms with Crippen molar-refractivity contribution in [1.82, 2.24) is 0 Å². The minimum atomic E-state index is -0.250. The third-order valence-corrected chi connectivity index (χ3v) is 29.6. The summed E-state index contributed by atoms with van der Waals surface area (Å²) in [4.78, 5) is 0. The molecule has 0 nitrogen and oxygen atoms in total. The molecule has 11 aromatic rings. The molecule has 0 saturated carbocycles. The minimum Gasteiger partial charge on any atom is -0.0654 e. The Morgan fingerprint density at radius 1 is 0.173 bits per heavy atom. The standard InChI is InChI=1S/C110H126/c1-13-17-21-25-29-33-45-63-110(64-46-34-30-26-22-18-14-2)96-70-85-83-67-93-87(103-75-51-37-35-49-73(75)81(65-99(103)107(93,9)10)77-55-47-59-91-101(77)79-53-39-41-57-89(79)105(91,5)6)71-97(83)109(61-43-31-27-23-19-15-3,62-44-32-28-24-20-16-4)95(85)69-86(96)84-68-94-88(72-98(84)110)104-76-52-38-36-50-74(76)82(66-100(104)108(94,11)12)78-56-48-60-92-102(78)80-54-40-42-58-90(80)106(92,7)8/h35-42,47-60,65-72H,13-34,43-46,61-64H2,1-12H3. The molecular weight excluding hydrogens is 1320 g/mol. The van der Waals surface area contributed by atoms with Gasteiger partial charge >= 0.3 is 0 Å². The highest BCUT2D eigenvalue weighted by Gasteiger charge is 2.52. The molecule has 0 fully saturated rings. The van der Waals surface area contributed by atoms with Crippen molar-refractivity contribution in [2.75, 3.05) is 0 Å². The molecule has 0 unspecified atom stereocenters. The van der Waals surface area contributed by atoms with Crippen LogP contribution in [-0.2, 0) is 32.5 Å². The third-order valence-electron chi connectivity index (χ3n) is 29.6. The van der Waals surface area contributed by atoms with Crippen LogP contribution >= 0.6 is 0 Å². The van der Waals surface area contributed by atoms with E-state index in [1.165, 1.54) is 325 Å². The van der Waals surface area contributed by atoms with Crippen LogP contribution in [0.2, 0.25) is 0 Å². The molecule has 0 heterocycles. The van der Waals surface area contributed by atoms with Crippen molar-refractivity contribution >= 4 is 21.5 Å². The predicted molar refractivity (Wildman–Crippen MR) is 476 cm³/mol. The SMILES string of the molecule is CCCCCCCCCC1(CCCCCCCCC)c2cc3c(cc2-c2cc4c(cc21)-c1cc2c(cc1C4(CCCCCCCC)CCCCCCCC)-c1c(cc(-c4cccc5c4-c4ccccc4C5(C)C)c4ccccc14)C2(C)C)C(C)(C)c1cc(-c2cccc4c2-c2ccccc2C4(C)C)c2ccccc2c1-3. The van der Waals surface area contributed by atoms with Gasteiger partial charge in [-0.25, -0.2) is 0 Å². The van der Waals surface area contributed by atoms with Crippen LogP contribution in [0, 0.1) is 0 Å². The minimum absolute atomic E-state index is 0.0808. The summed E-state index contributed by atoms with van der Waals surface area (Å²) in [5, 5.41) is 5.54. The molecule has 0 saturated heterocycles. The van der Waals surface area contributed by atoms with Gasteiger partial charge in [-0.3, -0.25) is 0 Å². The van der Waals surface area contributed by atoms with Gasteiger partial charge in [0.1, 0.15) is 0 Å². The molecular formula is C110H126. The number of hydrogen-bond acceptors (Lipinski definition) is 0. The van der Waals surface area contributed by atoms with Gasteiger partial charge in [-0.15, -0.1) is 0 Å². The van der Waals surface area contributed by atoms with Gasteiger partial charge in [0.25, 0.3) is 0 Å². The highest BCUT2D eigenvalue weighted by Crippen LogP contribution is 2.67. The molecule has 6 aliphatic carbocycles. The second-order valence-corrected chi connectivity index (χ2v) is 37.6. The molecule has 0 amide bonds.